The molecule has 256 valence electrons. The van der Waals surface area contributed by atoms with Crippen LogP contribution in [0.5, 0.6) is 0 Å². The third-order valence-electron chi connectivity index (χ3n) is 12.1. The van der Waals surface area contributed by atoms with Crippen LogP contribution in [0.3, 0.4) is 0 Å². The minimum atomic E-state index is 0.703. The highest BCUT2D eigenvalue weighted by molar-refractivity contribution is 7.40. The molecule has 0 nitrogen and oxygen atoms in total. The molecule has 2 aliphatic heterocycles. The second kappa shape index (κ2) is 24.1. The molecule has 4 aliphatic rings. The average Bonchev–Trinajstić information content (AvgIpc) is 3.29. The van der Waals surface area contributed by atoms with E-state index in [1.165, 1.54) is 177 Å². The van der Waals surface area contributed by atoms with E-state index >= 15 is 0 Å². The molecule has 2 aliphatic carbocycles. The van der Waals surface area contributed by atoms with Gasteiger partial charge in [0.05, 0.1) is 0 Å². The molecule has 43 heavy (non-hydrogen) atoms. The molecule has 0 amide bonds. The Morgan fingerprint density at radius 2 is 0.698 bits per heavy atom. The number of hydrogen-bond donors (Lipinski definition) is 0. The minimum Gasteiger partial charge on any atom is -0.116 e. The summed E-state index contributed by atoms with van der Waals surface area (Å²) in [4.78, 5) is 0. The number of rotatable bonds is 2. The first-order valence-electron chi connectivity index (χ1n) is 20.3. The van der Waals surface area contributed by atoms with Crippen LogP contribution >= 0.6 is 17.2 Å². The fraction of sp³-hybridized carbons (Fsp3) is 1.00. The van der Waals surface area contributed by atoms with E-state index in [4.69, 9.17) is 0 Å². The van der Waals surface area contributed by atoms with Crippen molar-refractivity contribution >= 4 is 17.2 Å². The SMILES string of the molecule is CC1CCCPC(C)(C2CCCCCCCC2)CCC1.CC1CCCPC(C)(C2CCCCCCCC2)CCC1.CCC. The van der Waals surface area contributed by atoms with E-state index < -0.39 is 0 Å². The van der Waals surface area contributed by atoms with E-state index in [2.05, 4.69) is 41.5 Å². The van der Waals surface area contributed by atoms with Gasteiger partial charge in [-0.05, 0) is 97.7 Å². The molecule has 0 aromatic rings. The maximum Gasteiger partial charge on any atom is -0.0122 e. The Bertz CT molecular complexity index is 574. The molecule has 6 atom stereocenters. The lowest BCUT2D eigenvalue weighted by atomic mass is 9.81. The van der Waals surface area contributed by atoms with Crippen LogP contribution in [0.1, 0.15) is 215 Å². The van der Waals surface area contributed by atoms with Gasteiger partial charge in [-0.1, -0.05) is 164 Å². The summed E-state index contributed by atoms with van der Waals surface area (Å²) < 4.78 is 0. The maximum atomic E-state index is 2.67. The van der Waals surface area contributed by atoms with Crippen molar-refractivity contribution in [3.8, 4) is 0 Å². The van der Waals surface area contributed by atoms with Gasteiger partial charge >= 0.3 is 0 Å². The largest absolute Gasteiger partial charge is 0.116 e. The first kappa shape index (κ1) is 40.0. The molecular formula is C41H82P2. The van der Waals surface area contributed by atoms with Crippen LogP contribution in [0.2, 0.25) is 0 Å². The van der Waals surface area contributed by atoms with Gasteiger partial charge in [0.15, 0.2) is 0 Å². The third-order valence-corrected chi connectivity index (χ3v) is 16.2. The normalized spacial score (nSPS) is 35.0. The van der Waals surface area contributed by atoms with Gasteiger partial charge in [0, 0.05) is 0 Å². The molecule has 4 rings (SSSR count). The highest BCUT2D eigenvalue weighted by Crippen LogP contribution is 2.49. The van der Waals surface area contributed by atoms with E-state index in [9.17, 15) is 0 Å². The van der Waals surface area contributed by atoms with Gasteiger partial charge in [0.25, 0.3) is 0 Å². The Labute approximate surface area is 277 Å². The predicted octanol–water partition coefficient (Wildman–Crippen LogP) is 15.0. The van der Waals surface area contributed by atoms with Gasteiger partial charge in [-0.2, -0.15) is 0 Å². The fourth-order valence-electron chi connectivity index (χ4n) is 8.99. The summed E-state index contributed by atoms with van der Waals surface area (Å²) in [7, 11) is 2.49. The molecule has 2 heterocycles. The highest BCUT2D eigenvalue weighted by Gasteiger charge is 2.34. The second-order valence-electron chi connectivity index (χ2n) is 16.5. The van der Waals surface area contributed by atoms with Crippen LogP contribution < -0.4 is 0 Å². The van der Waals surface area contributed by atoms with Gasteiger partial charge in [0.1, 0.15) is 0 Å². The Morgan fingerprint density at radius 1 is 0.419 bits per heavy atom. The zero-order valence-corrected chi connectivity index (χ0v) is 32.8. The van der Waals surface area contributed by atoms with Gasteiger partial charge in [-0.25, -0.2) is 0 Å². The zero-order valence-electron chi connectivity index (χ0n) is 30.8. The van der Waals surface area contributed by atoms with Gasteiger partial charge in [-0.15, -0.1) is 17.2 Å². The van der Waals surface area contributed by atoms with Crippen LogP contribution in [-0.4, -0.2) is 22.6 Å². The topological polar surface area (TPSA) is 0 Å². The van der Waals surface area contributed by atoms with Crippen molar-refractivity contribution in [2.24, 2.45) is 23.7 Å². The van der Waals surface area contributed by atoms with E-state index in [0.29, 0.717) is 10.3 Å². The molecule has 2 saturated carbocycles. The van der Waals surface area contributed by atoms with Crippen LogP contribution in [0.15, 0.2) is 0 Å². The van der Waals surface area contributed by atoms with Crippen molar-refractivity contribution in [1.82, 2.24) is 0 Å². The van der Waals surface area contributed by atoms with Crippen molar-refractivity contribution in [2.45, 2.75) is 225 Å². The van der Waals surface area contributed by atoms with Crippen molar-refractivity contribution < 1.29 is 0 Å². The summed E-state index contributed by atoms with van der Waals surface area (Å²) in [5.74, 6) is 4.07. The molecule has 0 aromatic carbocycles. The Hall–Kier alpha value is 0.860. The van der Waals surface area contributed by atoms with Crippen molar-refractivity contribution in [3.05, 3.63) is 0 Å². The van der Waals surface area contributed by atoms with Crippen LogP contribution in [0.4, 0.5) is 0 Å². The van der Waals surface area contributed by atoms with Crippen LogP contribution in [0, 0.1) is 23.7 Å². The molecule has 0 N–H and O–H groups in total. The molecule has 0 spiro atoms. The van der Waals surface area contributed by atoms with E-state index in [1.54, 1.807) is 25.7 Å². The highest BCUT2D eigenvalue weighted by atomic mass is 31.1. The zero-order chi connectivity index (χ0) is 31.2. The third kappa shape index (κ3) is 17.0. The van der Waals surface area contributed by atoms with Crippen molar-refractivity contribution in [1.29, 1.82) is 0 Å². The minimum absolute atomic E-state index is 0.703. The first-order valence-corrected chi connectivity index (χ1v) is 22.7. The molecule has 6 unspecified atom stereocenters. The van der Waals surface area contributed by atoms with E-state index in [-0.39, 0.29) is 0 Å². The predicted molar refractivity (Wildman–Crippen MR) is 204 cm³/mol. The Balaban J connectivity index is 0.000000275. The standard InChI is InChI=1S/2C19H37P.C3H8/c2*1-17-11-9-15-19(2,20-16-10-12-17)18-13-7-5-3-4-6-8-14-18;1-3-2/h2*17-18,20H,3-16H2,1-2H3;3H2,1-2H3. The van der Waals surface area contributed by atoms with Crippen molar-refractivity contribution in [2.75, 3.05) is 12.3 Å². The maximum absolute atomic E-state index is 2.67. The lowest BCUT2D eigenvalue weighted by Gasteiger charge is -2.38. The second-order valence-corrected chi connectivity index (χ2v) is 20.5. The summed E-state index contributed by atoms with van der Waals surface area (Å²) in [5.41, 5.74) is 0. The molecular weight excluding hydrogens is 554 g/mol. The van der Waals surface area contributed by atoms with Gasteiger partial charge in [-0.3, -0.25) is 0 Å². The van der Waals surface area contributed by atoms with Crippen LogP contribution in [-0.2, 0) is 0 Å². The summed E-state index contributed by atoms with van der Waals surface area (Å²) in [6.45, 7) is 14.5. The molecule has 4 fully saturated rings. The molecule has 2 heteroatoms. The van der Waals surface area contributed by atoms with Crippen molar-refractivity contribution in [3.63, 3.8) is 0 Å². The molecule has 0 aromatic heterocycles. The van der Waals surface area contributed by atoms with E-state index in [0.717, 1.165) is 23.7 Å². The van der Waals surface area contributed by atoms with Gasteiger partial charge in [0.2, 0.25) is 0 Å². The smallest absolute Gasteiger partial charge is 0.0122 e. The molecule has 0 bridgehead atoms. The summed E-state index contributed by atoms with van der Waals surface area (Å²) in [6.07, 6.45) is 43.6. The summed E-state index contributed by atoms with van der Waals surface area (Å²) in [5, 5.41) is 1.41. The summed E-state index contributed by atoms with van der Waals surface area (Å²) >= 11 is 0. The fourth-order valence-corrected chi connectivity index (χ4v) is 12.8. The van der Waals surface area contributed by atoms with E-state index in [1.807, 2.05) is 0 Å². The lowest BCUT2D eigenvalue weighted by Crippen LogP contribution is -2.30. The Morgan fingerprint density at radius 3 is 1.02 bits per heavy atom. The quantitative estimate of drug-likeness (QED) is 0.265. The first-order chi connectivity index (χ1) is 20.8. The molecule has 2 saturated heterocycles. The van der Waals surface area contributed by atoms with Crippen LogP contribution in [0.25, 0.3) is 0 Å². The van der Waals surface area contributed by atoms with Gasteiger partial charge < -0.3 is 0 Å². The lowest BCUT2D eigenvalue weighted by molar-refractivity contribution is 0.308. The number of hydrogen-bond acceptors (Lipinski definition) is 0. The monoisotopic (exact) mass is 637 g/mol. The Kier molecular flexibility index (Phi) is 22.4. The average molecular weight is 637 g/mol. The summed E-state index contributed by atoms with van der Waals surface area (Å²) in [6, 6.07) is 0. The molecule has 0 radical (unpaired) electrons.